The van der Waals surface area contributed by atoms with Crippen LogP contribution in [0.5, 0.6) is 17.2 Å². The molecule has 1 rings (SSSR count). The molecular formula is C15H23NO5. The van der Waals surface area contributed by atoms with E-state index in [1.807, 2.05) is 21.1 Å². The van der Waals surface area contributed by atoms with E-state index in [1.54, 1.807) is 12.1 Å². The fourth-order valence-electron chi connectivity index (χ4n) is 2.22. The first kappa shape index (κ1) is 17.1. The molecule has 0 fully saturated rings. The second kappa shape index (κ2) is 6.67. The molecule has 6 nitrogen and oxygen atoms in total. The maximum Gasteiger partial charge on any atom is 0.200 e. The Morgan fingerprint density at radius 2 is 1.71 bits per heavy atom. The highest BCUT2D eigenvalue weighted by Gasteiger charge is 2.25. The number of quaternary nitrogens is 1. The van der Waals surface area contributed by atoms with Gasteiger partial charge in [0, 0.05) is 6.42 Å². The number of methoxy groups -OCH3 is 2. The largest absolute Gasteiger partial charge is 0.544 e. The van der Waals surface area contributed by atoms with Gasteiger partial charge in [-0.05, 0) is 24.1 Å². The third kappa shape index (κ3) is 4.26. The molecule has 0 aliphatic heterocycles. The number of carboxylic acid groups (broad SMARTS) is 1. The lowest BCUT2D eigenvalue weighted by molar-refractivity contribution is -0.889. The van der Waals surface area contributed by atoms with Crippen molar-refractivity contribution < 1.29 is 29.0 Å². The number of carboxylic acids is 1. The molecule has 0 amide bonds. The lowest BCUT2D eigenvalue weighted by atomic mass is 10.0. The van der Waals surface area contributed by atoms with Gasteiger partial charge in [0.15, 0.2) is 11.5 Å². The van der Waals surface area contributed by atoms with E-state index in [-0.39, 0.29) is 10.2 Å². The normalized spacial score (nSPS) is 12.8. The Balaban J connectivity index is 2.95. The fraction of sp³-hybridized carbons (Fsp3) is 0.533. The van der Waals surface area contributed by atoms with E-state index >= 15 is 0 Å². The Morgan fingerprint density at radius 1 is 1.24 bits per heavy atom. The van der Waals surface area contributed by atoms with Crippen LogP contribution in [0.4, 0.5) is 0 Å². The summed E-state index contributed by atoms with van der Waals surface area (Å²) in [5, 5.41) is 21.1. The number of hydrogen-bond donors (Lipinski definition) is 1. The lowest BCUT2D eigenvalue weighted by Crippen LogP contribution is -2.54. The standard InChI is InChI=1S/C15H23NO5/c1-16(2,3)11(15(18)19)7-6-10-8-12(20-4)14(17)13(9-10)21-5/h8-9,11H,6-7H2,1-5H3,(H-,17,18,19). The van der Waals surface area contributed by atoms with Crippen molar-refractivity contribution in [3.05, 3.63) is 17.7 Å². The number of aliphatic carboxylic acids is 1. The summed E-state index contributed by atoms with van der Waals surface area (Å²) < 4.78 is 10.5. The van der Waals surface area contributed by atoms with Crippen LogP contribution in [0.25, 0.3) is 0 Å². The second-order valence-corrected chi connectivity index (χ2v) is 5.84. The first-order chi connectivity index (χ1) is 9.70. The van der Waals surface area contributed by atoms with Gasteiger partial charge in [-0.3, -0.25) is 0 Å². The monoisotopic (exact) mass is 297 g/mol. The molecule has 0 saturated carbocycles. The van der Waals surface area contributed by atoms with Gasteiger partial charge >= 0.3 is 0 Å². The number of carbonyl (C=O) groups excluding carboxylic acids is 1. The summed E-state index contributed by atoms with van der Waals surface area (Å²) in [7, 11) is 8.36. The summed E-state index contributed by atoms with van der Waals surface area (Å²) >= 11 is 0. The summed E-state index contributed by atoms with van der Waals surface area (Å²) in [5.41, 5.74) is 0.834. The minimum absolute atomic E-state index is 0.0631. The quantitative estimate of drug-likeness (QED) is 0.726. The van der Waals surface area contributed by atoms with Gasteiger partial charge in [0.2, 0.25) is 5.75 Å². The van der Waals surface area contributed by atoms with Gasteiger partial charge in [-0.15, -0.1) is 0 Å². The van der Waals surface area contributed by atoms with Crippen molar-refractivity contribution in [2.24, 2.45) is 0 Å². The number of aryl methyl sites for hydroxylation is 1. The minimum atomic E-state index is -1.07. The van der Waals surface area contributed by atoms with Crippen molar-refractivity contribution in [3.63, 3.8) is 0 Å². The number of phenols is 1. The van der Waals surface area contributed by atoms with Crippen LogP contribution in [0, 0.1) is 0 Å². The molecule has 0 aliphatic carbocycles. The zero-order chi connectivity index (χ0) is 16.2. The Labute approximate surface area is 125 Å². The molecule has 0 aliphatic rings. The first-order valence-corrected chi connectivity index (χ1v) is 6.66. The summed E-state index contributed by atoms with van der Waals surface area (Å²) in [6.07, 6.45) is 0.935. The van der Waals surface area contributed by atoms with Crippen molar-refractivity contribution in [2.75, 3.05) is 35.4 Å². The maximum absolute atomic E-state index is 11.3. The molecule has 0 radical (unpaired) electrons. The molecule has 1 aromatic rings. The van der Waals surface area contributed by atoms with Crippen LogP contribution < -0.4 is 14.6 Å². The highest BCUT2D eigenvalue weighted by Crippen LogP contribution is 2.37. The number of ether oxygens (including phenoxy) is 2. The molecule has 6 heteroatoms. The second-order valence-electron chi connectivity index (χ2n) is 5.84. The Hall–Kier alpha value is -1.95. The zero-order valence-corrected chi connectivity index (χ0v) is 13.2. The van der Waals surface area contributed by atoms with Gasteiger partial charge in [0.05, 0.1) is 41.3 Å². The summed E-state index contributed by atoms with van der Waals surface area (Å²) in [6.45, 7) is 0. The number of hydrogen-bond acceptors (Lipinski definition) is 5. The van der Waals surface area contributed by atoms with Crippen LogP contribution in [-0.2, 0) is 11.2 Å². The summed E-state index contributed by atoms with van der Waals surface area (Å²) in [5.74, 6) is -0.522. The first-order valence-electron chi connectivity index (χ1n) is 6.66. The van der Waals surface area contributed by atoms with Crippen LogP contribution in [0.15, 0.2) is 12.1 Å². The van der Waals surface area contributed by atoms with E-state index in [0.29, 0.717) is 24.3 Å². The van der Waals surface area contributed by atoms with Gasteiger partial charge < -0.3 is 29.0 Å². The van der Waals surface area contributed by atoms with Crippen LogP contribution in [0.1, 0.15) is 12.0 Å². The van der Waals surface area contributed by atoms with E-state index < -0.39 is 12.0 Å². The van der Waals surface area contributed by atoms with Crippen molar-refractivity contribution in [3.8, 4) is 17.2 Å². The average Bonchev–Trinajstić information content (AvgIpc) is 2.38. The van der Waals surface area contributed by atoms with Gasteiger partial charge in [-0.25, -0.2) is 0 Å². The molecule has 1 aromatic carbocycles. The molecule has 0 heterocycles. The number of likely N-dealkylation sites (N-methyl/N-ethyl adjacent to an activating group) is 1. The van der Waals surface area contributed by atoms with Gasteiger partial charge in [0.25, 0.3) is 0 Å². The van der Waals surface area contributed by atoms with Crippen LogP contribution >= 0.6 is 0 Å². The number of rotatable bonds is 7. The number of nitrogens with zero attached hydrogens (tertiary/aromatic N) is 1. The Kier molecular flexibility index (Phi) is 5.43. The third-order valence-electron chi connectivity index (χ3n) is 3.45. The molecule has 118 valence electrons. The smallest absolute Gasteiger partial charge is 0.200 e. The average molecular weight is 297 g/mol. The van der Waals surface area contributed by atoms with Gasteiger partial charge in [-0.1, -0.05) is 0 Å². The molecule has 21 heavy (non-hydrogen) atoms. The Morgan fingerprint density at radius 3 is 2.05 bits per heavy atom. The predicted molar refractivity (Wildman–Crippen MR) is 76.4 cm³/mol. The molecule has 0 saturated heterocycles. The molecule has 1 N–H and O–H groups in total. The lowest BCUT2D eigenvalue weighted by Gasteiger charge is -2.34. The minimum Gasteiger partial charge on any atom is -0.544 e. The highest BCUT2D eigenvalue weighted by atomic mass is 16.5. The van der Waals surface area contributed by atoms with Crippen LogP contribution in [-0.4, -0.2) is 57.0 Å². The van der Waals surface area contributed by atoms with Crippen molar-refractivity contribution in [2.45, 2.75) is 18.9 Å². The van der Waals surface area contributed by atoms with E-state index in [1.165, 1.54) is 14.2 Å². The topological polar surface area (TPSA) is 78.8 Å². The molecule has 1 unspecified atom stereocenters. The van der Waals surface area contributed by atoms with E-state index in [9.17, 15) is 15.0 Å². The van der Waals surface area contributed by atoms with Crippen LogP contribution in [0.2, 0.25) is 0 Å². The molecule has 0 aromatic heterocycles. The summed E-state index contributed by atoms with van der Waals surface area (Å²) in [4.78, 5) is 11.3. The van der Waals surface area contributed by atoms with E-state index in [2.05, 4.69) is 0 Å². The van der Waals surface area contributed by atoms with Crippen molar-refractivity contribution in [1.29, 1.82) is 0 Å². The van der Waals surface area contributed by atoms with Crippen LogP contribution in [0.3, 0.4) is 0 Å². The highest BCUT2D eigenvalue weighted by molar-refractivity contribution is 5.69. The molecule has 1 atom stereocenters. The SMILES string of the molecule is COc1cc(CCC(C(=O)[O-])[N+](C)(C)C)cc(OC)c1O. The van der Waals surface area contributed by atoms with Crippen molar-refractivity contribution in [1.82, 2.24) is 0 Å². The number of phenolic OH excluding ortho intramolecular Hbond substituents is 1. The third-order valence-corrected chi connectivity index (χ3v) is 3.45. The van der Waals surface area contributed by atoms with Gasteiger partial charge in [-0.2, -0.15) is 0 Å². The van der Waals surface area contributed by atoms with Gasteiger partial charge in [0.1, 0.15) is 6.04 Å². The zero-order valence-electron chi connectivity index (χ0n) is 13.2. The number of aromatic hydroxyl groups is 1. The molecule has 0 spiro atoms. The Bertz CT molecular complexity index is 482. The molecule has 0 bridgehead atoms. The predicted octanol–water partition coefficient (Wildman–Crippen LogP) is 0.167. The van der Waals surface area contributed by atoms with Crippen molar-refractivity contribution >= 4 is 5.97 Å². The number of carbonyl (C=O) groups is 1. The van der Waals surface area contributed by atoms with E-state index in [0.717, 1.165) is 5.56 Å². The number of benzene rings is 1. The van der Waals surface area contributed by atoms with E-state index in [4.69, 9.17) is 9.47 Å². The fourth-order valence-corrected chi connectivity index (χ4v) is 2.22. The summed E-state index contributed by atoms with van der Waals surface area (Å²) in [6, 6.07) is 2.75. The molecular weight excluding hydrogens is 274 g/mol. The maximum atomic E-state index is 11.3.